The topological polar surface area (TPSA) is 71.0 Å². The van der Waals surface area contributed by atoms with Crippen LogP contribution in [0.4, 0.5) is 5.13 Å². The monoisotopic (exact) mass is 329 g/mol. The molecule has 0 radical (unpaired) electrons. The lowest BCUT2D eigenvalue weighted by Gasteiger charge is -2.22. The normalized spacial score (nSPS) is 19.4. The van der Waals surface area contributed by atoms with Crippen molar-refractivity contribution in [3.8, 4) is 0 Å². The van der Waals surface area contributed by atoms with Crippen molar-refractivity contribution in [3.05, 3.63) is 21.6 Å². The van der Waals surface area contributed by atoms with Crippen molar-refractivity contribution in [2.45, 2.75) is 25.4 Å². The summed E-state index contributed by atoms with van der Waals surface area (Å²) < 4.78 is 4.41. The number of halogens is 1. The average Bonchev–Trinajstić information content (AvgIpc) is 3.13. The van der Waals surface area contributed by atoms with Crippen molar-refractivity contribution < 1.29 is 4.79 Å². The number of rotatable bonds is 4. The van der Waals surface area contributed by atoms with Gasteiger partial charge < -0.3 is 5.32 Å². The maximum absolute atomic E-state index is 12.3. The highest BCUT2D eigenvalue weighted by atomic mass is 35.5. The number of carbonyl (C=O) groups excluding carboxylic acids is 1. The molecule has 1 atom stereocenters. The lowest BCUT2D eigenvalue weighted by molar-refractivity contribution is -0.120. The van der Waals surface area contributed by atoms with E-state index in [1.807, 2.05) is 5.38 Å². The van der Waals surface area contributed by atoms with Gasteiger partial charge in [0.25, 0.3) is 0 Å². The highest BCUT2D eigenvalue weighted by Crippen LogP contribution is 2.25. The van der Waals surface area contributed by atoms with Gasteiger partial charge in [-0.05, 0) is 19.4 Å². The van der Waals surface area contributed by atoms with Crippen molar-refractivity contribution >= 4 is 45.5 Å². The van der Waals surface area contributed by atoms with Crippen molar-refractivity contribution in [3.63, 3.8) is 0 Å². The number of likely N-dealkylation sites (tertiary alicyclic amines) is 1. The Bertz CT molecular complexity index is 587. The van der Waals surface area contributed by atoms with Crippen LogP contribution in [-0.4, -0.2) is 38.0 Å². The first-order valence-electron chi connectivity index (χ1n) is 6.15. The smallest absolute Gasteiger partial charge is 0.243 e. The second kappa shape index (κ2) is 6.13. The molecular weight excluding hydrogens is 318 g/mol. The Balaban J connectivity index is 1.66. The van der Waals surface area contributed by atoms with Gasteiger partial charge in [-0.25, -0.2) is 4.98 Å². The van der Waals surface area contributed by atoms with E-state index < -0.39 is 0 Å². The Hall–Kier alpha value is -1.09. The van der Waals surface area contributed by atoms with Crippen molar-refractivity contribution in [1.82, 2.24) is 19.5 Å². The number of nitrogens with zero attached hydrogens (tertiary/aromatic N) is 4. The molecule has 2 aromatic heterocycles. The standard InChI is InChI=1S/C11H12ClN5OS2/c12-9-7(15-16-20-9)6-17-4-1-2-8(17)10(18)14-11-13-3-5-19-11/h3,5,8H,1-2,4,6H2,(H,13,14,18)/t8-/m0/s1. The Morgan fingerprint density at radius 1 is 1.60 bits per heavy atom. The van der Waals surface area contributed by atoms with Crippen molar-refractivity contribution in [2.24, 2.45) is 0 Å². The quantitative estimate of drug-likeness (QED) is 0.931. The van der Waals surface area contributed by atoms with Gasteiger partial charge in [0.2, 0.25) is 5.91 Å². The summed E-state index contributed by atoms with van der Waals surface area (Å²) in [6, 6.07) is -0.156. The van der Waals surface area contributed by atoms with E-state index in [0.717, 1.165) is 25.1 Å². The Morgan fingerprint density at radius 2 is 2.50 bits per heavy atom. The minimum Gasteiger partial charge on any atom is -0.301 e. The third-order valence-electron chi connectivity index (χ3n) is 3.19. The largest absolute Gasteiger partial charge is 0.301 e. The van der Waals surface area contributed by atoms with Crippen LogP contribution >= 0.6 is 34.5 Å². The number of nitrogens with one attached hydrogen (secondary N) is 1. The van der Waals surface area contributed by atoms with E-state index in [0.29, 0.717) is 16.0 Å². The zero-order valence-corrected chi connectivity index (χ0v) is 12.8. The predicted molar refractivity (Wildman–Crippen MR) is 79.1 cm³/mol. The Kier molecular flexibility index (Phi) is 4.25. The van der Waals surface area contributed by atoms with Crippen LogP contribution in [0.1, 0.15) is 18.5 Å². The molecular formula is C11H12ClN5OS2. The van der Waals surface area contributed by atoms with E-state index in [9.17, 15) is 4.79 Å². The molecule has 1 aliphatic heterocycles. The molecule has 1 N–H and O–H groups in total. The first-order valence-corrected chi connectivity index (χ1v) is 8.18. The van der Waals surface area contributed by atoms with Crippen LogP contribution in [0.2, 0.25) is 4.34 Å². The summed E-state index contributed by atoms with van der Waals surface area (Å²) in [4.78, 5) is 18.4. The third-order valence-corrected chi connectivity index (χ3v) is 4.86. The van der Waals surface area contributed by atoms with Crippen molar-refractivity contribution in [1.29, 1.82) is 0 Å². The SMILES string of the molecule is O=C(Nc1nccs1)[C@@H]1CCCN1Cc1nnsc1Cl. The molecule has 0 spiro atoms. The summed E-state index contributed by atoms with van der Waals surface area (Å²) >= 11 is 8.60. The fraction of sp³-hybridized carbons (Fsp3) is 0.455. The van der Waals surface area contributed by atoms with Gasteiger partial charge in [-0.3, -0.25) is 9.69 Å². The summed E-state index contributed by atoms with van der Waals surface area (Å²) in [5.74, 6) is -0.0169. The van der Waals surface area contributed by atoms with Gasteiger partial charge in [-0.1, -0.05) is 16.1 Å². The highest BCUT2D eigenvalue weighted by molar-refractivity contribution is 7.13. The van der Waals surface area contributed by atoms with Gasteiger partial charge in [0.15, 0.2) is 5.13 Å². The first-order chi connectivity index (χ1) is 9.74. The van der Waals surface area contributed by atoms with Gasteiger partial charge >= 0.3 is 0 Å². The molecule has 0 saturated carbocycles. The number of carbonyl (C=O) groups is 1. The molecule has 0 bridgehead atoms. The van der Waals surface area contributed by atoms with Gasteiger partial charge in [0, 0.05) is 29.7 Å². The molecule has 2 aromatic rings. The zero-order valence-electron chi connectivity index (χ0n) is 10.5. The van der Waals surface area contributed by atoms with Crippen LogP contribution in [0.25, 0.3) is 0 Å². The first kappa shape index (κ1) is 13.9. The van der Waals surface area contributed by atoms with Gasteiger partial charge in [0.1, 0.15) is 10.0 Å². The molecule has 0 aromatic carbocycles. The van der Waals surface area contributed by atoms with E-state index in [2.05, 4.69) is 24.8 Å². The summed E-state index contributed by atoms with van der Waals surface area (Å²) in [6.45, 7) is 1.43. The van der Waals surface area contributed by atoms with Gasteiger partial charge in [0.05, 0.1) is 6.04 Å². The van der Waals surface area contributed by atoms with E-state index in [-0.39, 0.29) is 11.9 Å². The number of hydrogen-bond acceptors (Lipinski definition) is 7. The number of anilines is 1. The van der Waals surface area contributed by atoms with Crippen LogP contribution in [-0.2, 0) is 11.3 Å². The molecule has 1 aliphatic rings. The van der Waals surface area contributed by atoms with Crippen LogP contribution in [0.5, 0.6) is 0 Å². The van der Waals surface area contributed by atoms with Crippen LogP contribution in [0.15, 0.2) is 11.6 Å². The molecule has 9 heteroatoms. The highest BCUT2D eigenvalue weighted by Gasteiger charge is 2.31. The van der Waals surface area contributed by atoms with E-state index in [1.165, 1.54) is 22.9 Å². The molecule has 1 fully saturated rings. The minimum absolute atomic E-state index is 0.0169. The van der Waals surface area contributed by atoms with E-state index >= 15 is 0 Å². The summed E-state index contributed by atoms with van der Waals surface area (Å²) in [6.07, 6.45) is 3.50. The molecule has 20 heavy (non-hydrogen) atoms. The number of hydrogen-bond donors (Lipinski definition) is 1. The fourth-order valence-electron chi connectivity index (χ4n) is 2.27. The zero-order chi connectivity index (χ0) is 13.9. The average molecular weight is 330 g/mol. The molecule has 106 valence electrons. The fourth-order valence-corrected chi connectivity index (χ4v) is 3.41. The van der Waals surface area contributed by atoms with Crippen molar-refractivity contribution in [2.75, 3.05) is 11.9 Å². The Morgan fingerprint density at radius 3 is 3.20 bits per heavy atom. The van der Waals surface area contributed by atoms with Gasteiger partial charge in [-0.15, -0.1) is 16.4 Å². The van der Waals surface area contributed by atoms with Crippen LogP contribution < -0.4 is 5.32 Å². The summed E-state index contributed by atoms with van der Waals surface area (Å²) in [5, 5.41) is 9.32. The maximum Gasteiger partial charge on any atom is 0.243 e. The molecule has 0 aliphatic carbocycles. The summed E-state index contributed by atoms with van der Waals surface area (Å²) in [7, 11) is 0. The summed E-state index contributed by atoms with van der Waals surface area (Å²) in [5.41, 5.74) is 0.741. The van der Waals surface area contributed by atoms with Crippen LogP contribution in [0, 0.1) is 0 Å². The second-order valence-electron chi connectivity index (χ2n) is 4.45. The maximum atomic E-state index is 12.3. The molecule has 1 amide bonds. The number of amides is 1. The lowest BCUT2D eigenvalue weighted by Crippen LogP contribution is -2.39. The van der Waals surface area contributed by atoms with Gasteiger partial charge in [-0.2, -0.15) is 0 Å². The van der Waals surface area contributed by atoms with E-state index in [4.69, 9.17) is 11.6 Å². The third kappa shape index (κ3) is 2.98. The number of thiazole rings is 1. The minimum atomic E-state index is -0.156. The van der Waals surface area contributed by atoms with E-state index in [1.54, 1.807) is 6.20 Å². The molecule has 6 nitrogen and oxygen atoms in total. The van der Waals surface area contributed by atoms with Crippen LogP contribution in [0.3, 0.4) is 0 Å². The molecule has 3 heterocycles. The molecule has 1 saturated heterocycles. The number of aromatic nitrogens is 3. The predicted octanol–water partition coefficient (Wildman–Crippen LogP) is 2.25. The lowest BCUT2D eigenvalue weighted by atomic mass is 10.2. The Labute approximate surface area is 128 Å². The second-order valence-corrected chi connectivity index (χ2v) is 6.70. The molecule has 3 rings (SSSR count). The molecule has 0 unspecified atom stereocenters.